The Morgan fingerprint density at radius 2 is 1.84 bits per heavy atom. The van der Waals surface area contributed by atoms with E-state index < -0.39 is 18.5 Å². The zero-order valence-electron chi connectivity index (χ0n) is 12.5. The maximum Gasteiger partial charge on any atom is 0.350 e. The van der Waals surface area contributed by atoms with Crippen molar-refractivity contribution in [2.24, 2.45) is 0 Å². The molecule has 1 N–H and O–H groups in total. The average molecular weight is 415 g/mol. The summed E-state index contributed by atoms with van der Waals surface area (Å²) in [6, 6.07) is 11.9. The molecule has 0 saturated carbocycles. The second-order valence-electron chi connectivity index (χ2n) is 4.99. The lowest BCUT2D eigenvalue weighted by molar-refractivity contribution is -0.119. The summed E-state index contributed by atoms with van der Waals surface area (Å²) in [5.74, 6) is -1.17. The van der Waals surface area contributed by atoms with Crippen LogP contribution in [0.1, 0.15) is 9.67 Å². The van der Waals surface area contributed by atoms with E-state index in [1.807, 2.05) is 0 Å². The molecule has 128 valence electrons. The Labute approximate surface area is 162 Å². The topological polar surface area (TPSA) is 55.4 Å². The lowest BCUT2D eigenvalue weighted by atomic mass is 10.2. The number of carbonyl (C=O) groups is 2. The molecule has 0 aliphatic heterocycles. The molecule has 0 atom stereocenters. The number of nitrogens with one attached hydrogen (secondary N) is 1. The van der Waals surface area contributed by atoms with Gasteiger partial charge in [0.1, 0.15) is 4.88 Å². The van der Waals surface area contributed by atoms with Gasteiger partial charge in [-0.15, -0.1) is 11.3 Å². The van der Waals surface area contributed by atoms with Gasteiger partial charge in [0.2, 0.25) is 0 Å². The van der Waals surface area contributed by atoms with Gasteiger partial charge in [-0.25, -0.2) is 4.79 Å². The van der Waals surface area contributed by atoms with Crippen LogP contribution in [0.3, 0.4) is 0 Å². The molecule has 0 bridgehead atoms. The van der Waals surface area contributed by atoms with Crippen LogP contribution >= 0.6 is 46.1 Å². The monoisotopic (exact) mass is 413 g/mol. The van der Waals surface area contributed by atoms with E-state index in [-0.39, 0.29) is 9.90 Å². The van der Waals surface area contributed by atoms with Crippen LogP contribution in [-0.2, 0) is 9.53 Å². The van der Waals surface area contributed by atoms with Gasteiger partial charge in [-0.3, -0.25) is 4.79 Å². The minimum absolute atomic E-state index is 0.226. The summed E-state index contributed by atoms with van der Waals surface area (Å²) in [5.41, 5.74) is 0.444. The van der Waals surface area contributed by atoms with E-state index in [9.17, 15) is 9.59 Å². The zero-order valence-corrected chi connectivity index (χ0v) is 15.6. The Balaban J connectivity index is 1.67. The predicted octanol–water partition coefficient (Wildman–Crippen LogP) is 5.66. The standard InChI is InChI=1S/C17H10Cl3NO3S/c18-9-5-6-10-13(7-9)25-16(15(10)20)17(23)24-8-14(22)21-12-4-2-1-3-11(12)19/h1-7H,8H2,(H,21,22). The third-order valence-corrected chi connectivity index (χ3v) is 5.46. The number of halogens is 3. The first-order chi connectivity index (χ1) is 12.0. The second-order valence-corrected chi connectivity index (χ2v) is 7.26. The van der Waals surface area contributed by atoms with Crippen molar-refractivity contribution in [1.29, 1.82) is 0 Å². The molecule has 0 aliphatic carbocycles. The Hall–Kier alpha value is -1.79. The van der Waals surface area contributed by atoms with Gasteiger partial charge in [-0.1, -0.05) is 53.0 Å². The Morgan fingerprint density at radius 3 is 2.60 bits per heavy atom. The fourth-order valence-electron chi connectivity index (χ4n) is 2.12. The molecule has 1 aromatic heterocycles. The quantitative estimate of drug-likeness (QED) is 0.561. The summed E-state index contributed by atoms with van der Waals surface area (Å²) in [5, 5.41) is 4.51. The number of ether oxygens (including phenoxy) is 1. The molecular formula is C17H10Cl3NO3S. The van der Waals surface area contributed by atoms with Crippen molar-refractivity contribution < 1.29 is 14.3 Å². The van der Waals surface area contributed by atoms with Crippen LogP contribution in [0.25, 0.3) is 10.1 Å². The smallest absolute Gasteiger partial charge is 0.350 e. The number of carbonyl (C=O) groups excluding carboxylic acids is 2. The summed E-state index contributed by atoms with van der Waals surface area (Å²) in [7, 11) is 0. The van der Waals surface area contributed by atoms with Crippen LogP contribution in [0, 0.1) is 0 Å². The number of hydrogen-bond acceptors (Lipinski definition) is 4. The Morgan fingerprint density at radius 1 is 1.08 bits per heavy atom. The maximum absolute atomic E-state index is 12.2. The third kappa shape index (κ3) is 4.07. The van der Waals surface area contributed by atoms with Gasteiger partial charge in [0.25, 0.3) is 5.91 Å². The van der Waals surface area contributed by atoms with E-state index >= 15 is 0 Å². The minimum atomic E-state index is -0.670. The molecule has 1 heterocycles. The van der Waals surface area contributed by atoms with E-state index in [1.54, 1.807) is 42.5 Å². The number of hydrogen-bond donors (Lipinski definition) is 1. The van der Waals surface area contributed by atoms with Gasteiger partial charge in [-0.2, -0.15) is 0 Å². The first kappa shape index (κ1) is 18.0. The molecule has 3 rings (SSSR count). The molecule has 3 aromatic rings. The molecule has 0 saturated heterocycles. The van der Waals surface area contributed by atoms with E-state index in [2.05, 4.69) is 5.32 Å². The molecule has 25 heavy (non-hydrogen) atoms. The molecule has 2 aromatic carbocycles. The minimum Gasteiger partial charge on any atom is -0.451 e. The molecule has 8 heteroatoms. The predicted molar refractivity (Wildman–Crippen MR) is 102 cm³/mol. The van der Waals surface area contributed by atoms with Gasteiger partial charge in [0.15, 0.2) is 6.61 Å². The summed E-state index contributed by atoms with van der Waals surface area (Å²) in [6.45, 7) is -0.449. The van der Waals surface area contributed by atoms with E-state index in [0.29, 0.717) is 21.1 Å². The molecule has 0 radical (unpaired) electrons. The SMILES string of the molecule is O=C(COC(=O)c1sc2cc(Cl)ccc2c1Cl)Nc1ccccc1Cl. The summed E-state index contributed by atoms with van der Waals surface area (Å²) >= 11 is 19.3. The lowest BCUT2D eigenvalue weighted by Crippen LogP contribution is -2.20. The molecule has 0 fully saturated rings. The first-order valence-electron chi connectivity index (χ1n) is 7.05. The van der Waals surface area contributed by atoms with Crippen LogP contribution in [0.15, 0.2) is 42.5 Å². The normalized spacial score (nSPS) is 10.7. The van der Waals surface area contributed by atoms with Crippen LogP contribution in [0.2, 0.25) is 15.1 Å². The molecule has 0 aliphatic rings. The molecule has 0 spiro atoms. The number of benzene rings is 2. The molecule has 1 amide bonds. The number of thiophene rings is 1. The number of para-hydroxylation sites is 1. The fourth-order valence-corrected chi connectivity index (χ4v) is 3.98. The van der Waals surface area contributed by atoms with Gasteiger partial charge in [-0.05, 0) is 24.3 Å². The number of rotatable bonds is 4. The van der Waals surface area contributed by atoms with Crippen molar-refractivity contribution in [2.75, 3.05) is 11.9 Å². The number of anilines is 1. The van der Waals surface area contributed by atoms with Gasteiger partial charge in [0, 0.05) is 15.1 Å². The first-order valence-corrected chi connectivity index (χ1v) is 9.00. The van der Waals surface area contributed by atoms with E-state index in [0.717, 1.165) is 16.0 Å². The fraction of sp³-hybridized carbons (Fsp3) is 0.0588. The van der Waals surface area contributed by atoms with Crippen LogP contribution in [0.5, 0.6) is 0 Å². The van der Waals surface area contributed by atoms with Crippen LogP contribution in [-0.4, -0.2) is 18.5 Å². The highest BCUT2D eigenvalue weighted by atomic mass is 35.5. The van der Waals surface area contributed by atoms with Gasteiger partial charge in [0.05, 0.1) is 15.7 Å². The highest BCUT2D eigenvalue weighted by molar-refractivity contribution is 7.21. The van der Waals surface area contributed by atoms with Crippen molar-refractivity contribution in [3.8, 4) is 0 Å². The largest absolute Gasteiger partial charge is 0.451 e. The van der Waals surface area contributed by atoms with E-state index in [1.165, 1.54) is 0 Å². The van der Waals surface area contributed by atoms with Crippen molar-refractivity contribution in [3.05, 3.63) is 62.4 Å². The Bertz CT molecular complexity index is 971. The molecular weight excluding hydrogens is 405 g/mol. The van der Waals surface area contributed by atoms with Crippen molar-refractivity contribution in [2.45, 2.75) is 0 Å². The zero-order chi connectivity index (χ0) is 18.0. The van der Waals surface area contributed by atoms with Crippen molar-refractivity contribution in [1.82, 2.24) is 0 Å². The van der Waals surface area contributed by atoms with Crippen molar-refractivity contribution >= 4 is 73.8 Å². The second kappa shape index (κ2) is 7.62. The van der Waals surface area contributed by atoms with Crippen molar-refractivity contribution in [3.63, 3.8) is 0 Å². The molecule has 4 nitrogen and oxygen atoms in total. The number of esters is 1. The maximum atomic E-state index is 12.2. The summed E-state index contributed by atoms with van der Waals surface area (Å²) in [4.78, 5) is 24.3. The molecule has 0 unspecified atom stereocenters. The summed E-state index contributed by atoms with van der Waals surface area (Å²) < 4.78 is 5.81. The Kier molecular flexibility index (Phi) is 5.49. The van der Waals surface area contributed by atoms with Crippen LogP contribution in [0.4, 0.5) is 5.69 Å². The van der Waals surface area contributed by atoms with E-state index in [4.69, 9.17) is 39.5 Å². The highest BCUT2D eigenvalue weighted by Gasteiger charge is 2.19. The van der Waals surface area contributed by atoms with Gasteiger partial charge < -0.3 is 10.1 Å². The van der Waals surface area contributed by atoms with Gasteiger partial charge >= 0.3 is 5.97 Å². The lowest BCUT2D eigenvalue weighted by Gasteiger charge is -2.07. The third-order valence-electron chi connectivity index (χ3n) is 3.26. The van der Waals surface area contributed by atoms with Crippen LogP contribution < -0.4 is 5.32 Å². The summed E-state index contributed by atoms with van der Waals surface area (Å²) in [6.07, 6.45) is 0. The highest BCUT2D eigenvalue weighted by Crippen LogP contribution is 2.37. The average Bonchev–Trinajstić information content (AvgIpc) is 2.91. The number of fused-ring (bicyclic) bond motifs is 1. The number of amides is 1.